The van der Waals surface area contributed by atoms with Crippen LogP contribution in [0.25, 0.3) is 0 Å². The predicted molar refractivity (Wildman–Crippen MR) is 150 cm³/mol. The molecule has 10 heteroatoms. The van der Waals surface area contributed by atoms with E-state index in [-0.39, 0.29) is 6.42 Å². The van der Waals surface area contributed by atoms with E-state index in [9.17, 15) is 29.4 Å². The minimum atomic E-state index is -1.90. The van der Waals surface area contributed by atoms with Gasteiger partial charge in [-0.25, -0.2) is 0 Å². The molecule has 2 aliphatic heterocycles. The maximum Gasteiger partial charge on any atom is 0.303 e. The van der Waals surface area contributed by atoms with Crippen molar-refractivity contribution >= 4 is 23.6 Å². The van der Waals surface area contributed by atoms with Gasteiger partial charge < -0.3 is 29.7 Å². The number of ketones is 1. The first-order valence-corrected chi connectivity index (χ1v) is 14.7. The molecule has 1 aromatic rings. The van der Waals surface area contributed by atoms with Gasteiger partial charge >= 0.3 is 11.9 Å². The number of rotatable bonds is 4. The summed E-state index contributed by atoms with van der Waals surface area (Å²) < 4.78 is 17.8. The number of carbonyl (C=O) groups is 4. The topological polar surface area (TPSA) is 152 Å². The summed E-state index contributed by atoms with van der Waals surface area (Å²) in [6.07, 6.45) is -0.593. The van der Waals surface area contributed by atoms with Gasteiger partial charge in [-0.3, -0.25) is 19.2 Å². The number of ether oxygens (including phenoxy) is 3. The maximum absolute atomic E-state index is 14.5. The van der Waals surface area contributed by atoms with Crippen LogP contribution in [-0.4, -0.2) is 75.5 Å². The summed E-state index contributed by atoms with van der Waals surface area (Å²) in [4.78, 5) is 52.9. The number of epoxide rings is 1. The van der Waals surface area contributed by atoms with Gasteiger partial charge in [0.15, 0.2) is 5.78 Å². The van der Waals surface area contributed by atoms with Crippen molar-refractivity contribution in [3.63, 3.8) is 0 Å². The molecule has 0 unspecified atom stereocenters. The Morgan fingerprint density at radius 3 is 2.38 bits per heavy atom. The van der Waals surface area contributed by atoms with Crippen molar-refractivity contribution in [3.05, 3.63) is 48.0 Å². The van der Waals surface area contributed by atoms with Crippen LogP contribution in [0, 0.1) is 29.1 Å². The van der Waals surface area contributed by atoms with E-state index in [1.165, 1.54) is 20.8 Å². The highest BCUT2D eigenvalue weighted by molar-refractivity contribution is 5.91. The van der Waals surface area contributed by atoms with Crippen LogP contribution in [0.5, 0.6) is 0 Å². The second-order valence-electron chi connectivity index (χ2n) is 12.9. The number of fused-ring (bicyclic) bond motifs is 1. The first-order chi connectivity index (χ1) is 19.7. The maximum atomic E-state index is 14.5. The number of carbonyl (C=O) groups excluding carboxylic acids is 4. The van der Waals surface area contributed by atoms with Crippen LogP contribution < -0.4 is 5.32 Å². The summed E-state index contributed by atoms with van der Waals surface area (Å²) in [5, 5.41) is 26.6. The SMILES string of the molecule is CC(=O)O[C@@H]1[C@@H]2O[C@@H]2[C@@](C)(O)C(=O)[C@@H](C)CC=C[C@H]2[C@H](O)[C@@](C)(OC(C)=O)[C@@H](C)[C@H]3[C@H](Cc4ccccc4)NC(=O)[C@@]312. The summed E-state index contributed by atoms with van der Waals surface area (Å²) in [6.45, 7) is 9.09. The molecule has 0 radical (unpaired) electrons. The third kappa shape index (κ3) is 4.59. The molecule has 12 atom stereocenters. The zero-order valence-electron chi connectivity index (χ0n) is 24.9. The number of amides is 1. The lowest BCUT2D eigenvalue weighted by molar-refractivity contribution is -0.236. The molecule has 1 amide bonds. The van der Waals surface area contributed by atoms with Gasteiger partial charge in [0.2, 0.25) is 5.91 Å². The molecule has 0 bridgehead atoms. The summed E-state index contributed by atoms with van der Waals surface area (Å²) in [5.74, 6) is -4.94. The first-order valence-electron chi connectivity index (χ1n) is 14.7. The van der Waals surface area contributed by atoms with Crippen molar-refractivity contribution in [2.45, 2.75) is 96.0 Å². The van der Waals surface area contributed by atoms with Crippen LogP contribution in [0.3, 0.4) is 0 Å². The lowest BCUT2D eigenvalue weighted by Crippen LogP contribution is -2.70. The van der Waals surface area contributed by atoms with Crippen LogP contribution in [-0.2, 0) is 39.8 Å². The van der Waals surface area contributed by atoms with Crippen molar-refractivity contribution in [2.24, 2.45) is 29.1 Å². The van der Waals surface area contributed by atoms with Crippen molar-refractivity contribution in [1.82, 2.24) is 5.32 Å². The van der Waals surface area contributed by atoms with E-state index in [1.807, 2.05) is 37.3 Å². The van der Waals surface area contributed by atoms with Gasteiger partial charge in [0, 0.05) is 43.6 Å². The average Bonchev–Trinajstić information content (AvgIpc) is 3.67. The van der Waals surface area contributed by atoms with E-state index < -0.39 is 94.4 Å². The minimum Gasteiger partial charge on any atom is -0.458 e. The normalized spacial score (nSPS) is 44.5. The number of nitrogens with one attached hydrogen (secondary N) is 1. The second-order valence-corrected chi connectivity index (χ2v) is 12.9. The van der Waals surface area contributed by atoms with Crippen LogP contribution in [0.15, 0.2) is 42.5 Å². The Hall–Kier alpha value is -3.08. The van der Waals surface area contributed by atoms with E-state index in [4.69, 9.17) is 14.2 Å². The Morgan fingerprint density at radius 2 is 1.76 bits per heavy atom. The number of aliphatic hydroxyl groups excluding tert-OH is 1. The van der Waals surface area contributed by atoms with Crippen LogP contribution >= 0.6 is 0 Å². The molecule has 2 aliphatic carbocycles. The number of benzene rings is 1. The number of hydrogen-bond donors (Lipinski definition) is 3. The molecule has 4 aliphatic rings. The standard InChI is InChI=1S/C32H41NO9/c1-16-11-10-14-21-26(37)31(6,42-19(4)35)17(2)23-22(15-20-12-8-7-9-13-20)33-29(38)32(21,23)28(40-18(3)34)24-27(41-24)30(5,39)25(16)36/h7-10,12-14,16-17,21-24,26-28,37,39H,11,15H2,1-6H3,(H,33,38)/t16-,17-,21-,22-,23-,24+,26-,27-,28+,30-,31-,32-/m0/s1. The van der Waals surface area contributed by atoms with E-state index in [0.29, 0.717) is 6.42 Å². The predicted octanol–water partition coefficient (Wildman–Crippen LogP) is 1.89. The average molecular weight is 584 g/mol. The Balaban J connectivity index is 1.75. The molecule has 3 fully saturated rings. The Morgan fingerprint density at radius 1 is 1.10 bits per heavy atom. The highest BCUT2D eigenvalue weighted by atomic mass is 16.6. The molecule has 2 heterocycles. The number of hydrogen-bond acceptors (Lipinski definition) is 9. The second kappa shape index (κ2) is 10.6. The van der Waals surface area contributed by atoms with E-state index in [1.54, 1.807) is 26.0 Å². The quantitative estimate of drug-likeness (QED) is 0.274. The van der Waals surface area contributed by atoms with Crippen molar-refractivity contribution in [1.29, 1.82) is 0 Å². The number of Topliss-reactive ketones (excluding diaryl/α,β-unsaturated/α-hetero) is 1. The lowest BCUT2D eigenvalue weighted by Gasteiger charge is -2.58. The van der Waals surface area contributed by atoms with E-state index in [0.717, 1.165) is 5.56 Å². The Kier molecular flexibility index (Phi) is 7.65. The molecule has 0 aromatic heterocycles. The highest BCUT2D eigenvalue weighted by Crippen LogP contribution is 2.63. The molecular formula is C32H41NO9. The van der Waals surface area contributed by atoms with Gasteiger partial charge in [0.25, 0.3) is 0 Å². The van der Waals surface area contributed by atoms with E-state index in [2.05, 4.69) is 5.32 Å². The number of esters is 2. The van der Waals surface area contributed by atoms with Gasteiger partial charge in [-0.15, -0.1) is 0 Å². The molecule has 42 heavy (non-hydrogen) atoms. The zero-order valence-corrected chi connectivity index (χ0v) is 24.9. The molecular weight excluding hydrogens is 542 g/mol. The fourth-order valence-corrected chi connectivity index (χ4v) is 8.13. The summed E-state index contributed by atoms with van der Waals surface area (Å²) in [6, 6.07) is 9.12. The van der Waals surface area contributed by atoms with Crippen molar-refractivity contribution in [3.8, 4) is 0 Å². The molecule has 1 spiro atoms. The molecule has 1 saturated carbocycles. The molecule has 3 N–H and O–H groups in total. The van der Waals surface area contributed by atoms with Gasteiger partial charge in [0.1, 0.15) is 41.0 Å². The Labute approximate surface area is 245 Å². The van der Waals surface area contributed by atoms with Gasteiger partial charge in [0.05, 0.1) is 0 Å². The molecule has 5 rings (SSSR count). The number of aliphatic hydroxyl groups is 2. The summed E-state index contributed by atoms with van der Waals surface area (Å²) >= 11 is 0. The van der Waals surface area contributed by atoms with Crippen LogP contribution in [0.2, 0.25) is 0 Å². The van der Waals surface area contributed by atoms with Gasteiger partial charge in [-0.2, -0.15) is 0 Å². The smallest absolute Gasteiger partial charge is 0.303 e. The molecule has 10 nitrogen and oxygen atoms in total. The first kappa shape index (κ1) is 30.4. The van der Waals surface area contributed by atoms with Crippen molar-refractivity contribution < 1.29 is 43.6 Å². The number of allylic oxidation sites excluding steroid dienone is 1. The fourth-order valence-electron chi connectivity index (χ4n) is 8.13. The molecule has 2 saturated heterocycles. The third-order valence-electron chi connectivity index (χ3n) is 10.2. The van der Waals surface area contributed by atoms with Gasteiger partial charge in [-0.1, -0.05) is 56.3 Å². The minimum absolute atomic E-state index is 0.226. The zero-order chi connectivity index (χ0) is 30.8. The molecule has 228 valence electrons. The summed E-state index contributed by atoms with van der Waals surface area (Å²) in [5.41, 5.74) is -3.92. The van der Waals surface area contributed by atoms with Crippen molar-refractivity contribution in [2.75, 3.05) is 0 Å². The third-order valence-corrected chi connectivity index (χ3v) is 10.2. The molecule has 1 aromatic carbocycles. The summed E-state index contributed by atoms with van der Waals surface area (Å²) in [7, 11) is 0. The Bertz CT molecular complexity index is 1290. The monoisotopic (exact) mass is 583 g/mol. The highest BCUT2D eigenvalue weighted by Gasteiger charge is 2.77. The van der Waals surface area contributed by atoms with Crippen LogP contribution in [0.4, 0.5) is 0 Å². The van der Waals surface area contributed by atoms with Crippen LogP contribution in [0.1, 0.15) is 53.5 Å². The van der Waals surface area contributed by atoms with E-state index >= 15 is 0 Å². The largest absolute Gasteiger partial charge is 0.458 e. The lowest BCUT2D eigenvalue weighted by atomic mass is 9.48. The fraction of sp³-hybridized carbons (Fsp3) is 0.625. The van der Waals surface area contributed by atoms with Gasteiger partial charge in [-0.05, 0) is 32.3 Å².